The number of likely N-dealkylation sites (N-methyl/N-ethyl adjacent to an activating group) is 1. The van der Waals surface area contributed by atoms with Crippen LogP contribution in [-0.4, -0.2) is 18.7 Å². The van der Waals surface area contributed by atoms with Gasteiger partial charge in [-0.15, -0.1) is 0 Å². The van der Waals surface area contributed by atoms with Crippen LogP contribution in [0.1, 0.15) is 37.0 Å². The summed E-state index contributed by atoms with van der Waals surface area (Å²) in [6, 6.07) is 14.5. The summed E-state index contributed by atoms with van der Waals surface area (Å²) in [5, 5.41) is 10.3. The molecule has 0 aliphatic rings. The van der Waals surface area contributed by atoms with Gasteiger partial charge in [-0.2, -0.15) is 0 Å². The molecule has 1 unspecified atom stereocenters. The van der Waals surface area contributed by atoms with Crippen LogP contribution in [0.4, 0.5) is 10.1 Å². The zero-order valence-corrected chi connectivity index (χ0v) is 12.8. The molecule has 0 radical (unpaired) electrons. The van der Waals surface area contributed by atoms with Gasteiger partial charge in [0.2, 0.25) is 0 Å². The van der Waals surface area contributed by atoms with Crippen molar-refractivity contribution in [2.75, 3.05) is 18.5 Å². The Morgan fingerprint density at radius 2 is 1.57 bits per heavy atom. The molecule has 1 N–H and O–H groups in total. The van der Waals surface area contributed by atoms with Gasteiger partial charge in [0.15, 0.2) is 0 Å². The molecule has 0 aliphatic carbocycles. The average molecular weight is 287 g/mol. The molecule has 1 atom stereocenters. The third-order valence-electron chi connectivity index (χ3n) is 3.70. The predicted octanol–water partition coefficient (Wildman–Crippen LogP) is 4.12. The van der Waals surface area contributed by atoms with Crippen LogP contribution in [0.3, 0.4) is 0 Å². The lowest BCUT2D eigenvalue weighted by molar-refractivity contribution is 0.185. The fourth-order valence-corrected chi connectivity index (χ4v) is 2.33. The van der Waals surface area contributed by atoms with E-state index in [1.807, 2.05) is 24.3 Å². The lowest BCUT2D eigenvalue weighted by atomic mass is 10.00. The van der Waals surface area contributed by atoms with Crippen molar-refractivity contribution in [3.05, 3.63) is 65.5 Å². The van der Waals surface area contributed by atoms with Crippen LogP contribution in [0.2, 0.25) is 0 Å². The summed E-state index contributed by atoms with van der Waals surface area (Å²) in [7, 11) is 1.78. The molecule has 0 aromatic heterocycles. The first kappa shape index (κ1) is 15.5. The van der Waals surface area contributed by atoms with Crippen LogP contribution in [0.5, 0.6) is 0 Å². The number of benzene rings is 2. The summed E-state index contributed by atoms with van der Waals surface area (Å²) in [4.78, 5) is 1.73. The van der Waals surface area contributed by atoms with Crippen LogP contribution in [0.25, 0.3) is 0 Å². The molecule has 21 heavy (non-hydrogen) atoms. The van der Waals surface area contributed by atoms with E-state index in [1.54, 1.807) is 30.1 Å². The van der Waals surface area contributed by atoms with E-state index in [0.717, 1.165) is 5.56 Å². The van der Waals surface area contributed by atoms with E-state index in [1.165, 1.54) is 11.6 Å². The Hall–Kier alpha value is -1.87. The van der Waals surface area contributed by atoms with Gasteiger partial charge in [-0.1, -0.05) is 50.2 Å². The second kappa shape index (κ2) is 6.72. The number of hydrogen-bond donors (Lipinski definition) is 1. The first-order valence-corrected chi connectivity index (χ1v) is 7.22. The third kappa shape index (κ3) is 3.82. The molecule has 0 spiro atoms. The first-order chi connectivity index (χ1) is 9.99. The molecule has 0 aliphatic heterocycles. The molecule has 0 saturated heterocycles. The number of anilines is 1. The van der Waals surface area contributed by atoms with Crippen molar-refractivity contribution >= 4 is 5.69 Å². The normalized spacial score (nSPS) is 12.5. The molecule has 0 amide bonds. The molecule has 2 aromatic rings. The van der Waals surface area contributed by atoms with Gasteiger partial charge in [0, 0.05) is 13.6 Å². The fourth-order valence-electron chi connectivity index (χ4n) is 2.33. The Morgan fingerprint density at radius 3 is 2.14 bits per heavy atom. The van der Waals surface area contributed by atoms with Gasteiger partial charge in [-0.05, 0) is 29.2 Å². The van der Waals surface area contributed by atoms with E-state index in [-0.39, 0.29) is 5.82 Å². The van der Waals surface area contributed by atoms with Crippen LogP contribution < -0.4 is 4.90 Å². The summed E-state index contributed by atoms with van der Waals surface area (Å²) in [5.74, 6) is 0.194. The molecule has 3 heteroatoms. The van der Waals surface area contributed by atoms with E-state index >= 15 is 0 Å². The molecule has 2 rings (SSSR count). The van der Waals surface area contributed by atoms with Gasteiger partial charge < -0.3 is 10.0 Å². The van der Waals surface area contributed by atoms with E-state index in [9.17, 15) is 9.50 Å². The summed E-state index contributed by atoms with van der Waals surface area (Å²) in [5.41, 5.74) is 2.59. The third-order valence-corrected chi connectivity index (χ3v) is 3.70. The minimum atomic E-state index is -0.643. The van der Waals surface area contributed by atoms with Gasteiger partial charge in [-0.25, -0.2) is 4.39 Å². The summed E-state index contributed by atoms with van der Waals surface area (Å²) >= 11 is 0. The van der Waals surface area contributed by atoms with Crippen molar-refractivity contribution in [2.24, 2.45) is 0 Å². The van der Waals surface area contributed by atoms with Gasteiger partial charge in [-0.3, -0.25) is 0 Å². The molecule has 0 bridgehead atoms. The molecule has 112 valence electrons. The highest BCUT2D eigenvalue weighted by atomic mass is 19.1. The zero-order chi connectivity index (χ0) is 15.4. The van der Waals surface area contributed by atoms with Crippen molar-refractivity contribution in [1.29, 1.82) is 0 Å². The minimum absolute atomic E-state index is 0.276. The average Bonchev–Trinajstić information content (AvgIpc) is 2.47. The van der Waals surface area contributed by atoms with Crippen LogP contribution in [-0.2, 0) is 0 Å². The summed E-state index contributed by atoms with van der Waals surface area (Å²) < 4.78 is 13.7. The maximum atomic E-state index is 13.7. The zero-order valence-electron chi connectivity index (χ0n) is 12.8. The second-order valence-electron chi connectivity index (χ2n) is 5.67. The predicted molar refractivity (Wildman–Crippen MR) is 85.2 cm³/mol. The molecule has 2 aromatic carbocycles. The molecule has 0 saturated carbocycles. The van der Waals surface area contributed by atoms with E-state index < -0.39 is 6.10 Å². The number of hydrogen-bond acceptors (Lipinski definition) is 2. The number of nitrogens with zero attached hydrogens (tertiary/aromatic N) is 1. The van der Waals surface area contributed by atoms with E-state index in [2.05, 4.69) is 13.8 Å². The van der Waals surface area contributed by atoms with Crippen molar-refractivity contribution in [3.63, 3.8) is 0 Å². The molecular weight excluding hydrogens is 265 g/mol. The largest absolute Gasteiger partial charge is 0.387 e. The standard InChI is InChI=1S/C18H22FNO/c1-13(2)14-8-10-15(11-9-14)18(21)12-20(3)17-7-5-4-6-16(17)19/h4-11,13,18,21H,12H2,1-3H3. The van der Waals surface area contributed by atoms with E-state index in [4.69, 9.17) is 0 Å². The Kier molecular flexibility index (Phi) is 4.97. The van der Waals surface area contributed by atoms with E-state index in [0.29, 0.717) is 18.2 Å². The lowest BCUT2D eigenvalue weighted by Crippen LogP contribution is -2.25. The second-order valence-corrected chi connectivity index (χ2v) is 5.67. The van der Waals surface area contributed by atoms with Crippen LogP contribution in [0.15, 0.2) is 48.5 Å². The van der Waals surface area contributed by atoms with Gasteiger partial charge in [0.1, 0.15) is 5.82 Å². The molecular formula is C18H22FNO. The van der Waals surface area contributed by atoms with Crippen molar-refractivity contribution in [3.8, 4) is 0 Å². The number of halogens is 1. The summed E-state index contributed by atoms with van der Waals surface area (Å²) in [6.07, 6.45) is -0.643. The SMILES string of the molecule is CC(C)c1ccc(C(O)CN(C)c2ccccc2F)cc1. The van der Waals surface area contributed by atoms with Gasteiger partial charge in [0.05, 0.1) is 11.8 Å². The number of para-hydroxylation sites is 1. The molecule has 0 heterocycles. The van der Waals surface area contributed by atoms with Gasteiger partial charge in [0.25, 0.3) is 0 Å². The van der Waals surface area contributed by atoms with Gasteiger partial charge >= 0.3 is 0 Å². The number of rotatable bonds is 5. The summed E-state index contributed by atoms with van der Waals surface area (Å²) in [6.45, 7) is 4.62. The molecule has 2 nitrogen and oxygen atoms in total. The minimum Gasteiger partial charge on any atom is -0.387 e. The topological polar surface area (TPSA) is 23.5 Å². The number of aliphatic hydroxyl groups is 1. The Bertz CT molecular complexity index is 580. The van der Waals surface area contributed by atoms with Crippen molar-refractivity contribution in [1.82, 2.24) is 0 Å². The smallest absolute Gasteiger partial charge is 0.146 e. The highest BCUT2D eigenvalue weighted by molar-refractivity contribution is 5.47. The number of aliphatic hydroxyl groups excluding tert-OH is 1. The quantitative estimate of drug-likeness (QED) is 0.894. The Labute approximate surface area is 125 Å². The highest BCUT2D eigenvalue weighted by Gasteiger charge is 2.13. The van der Waals surface area contributed by atoms with Crippen molar-refractivity contribution in [2.45, 2.75) is 25.9 Å². The highest BCUT2D eigenvalue weighted by Crippen LogP contribution is 2.22. The Balaban J connectivity index is 2.07. The van der Waals surface area contributed by atoms with Crippen molar-refractivity contribution < 1.29 is 9.50 Å². The molecule has 0 fully saturated rings. The monoisotopic (exact) mass is 287 g/mol. The van der Waals surface area contributed by atoms with Crippen LogP contribution >= 0.6 is 0 Å². The Morgan fingerprint density at radius 1 is 1.00 bits per heavy atom. The lowest BCUT2D eigenvalue weighted by Gasteiger charge is -2.23. The fraction of sp³-hybridized carbons (Fsp3) is 0.333. The maximum Gasteiger partial charge on any atom is 0.146 e. The first-order valence-electron chi connectivity index (χ1n) is 7.22. The van der Waals surface area contributed by atoms with Crippen LogP contribution in [0, 0.1) is 5.82 Å². The maximum absolute atomic E-state index is 13.7.